The topological polar surface area (TPSA) is 91.2 Å². The number of fused-ring (bicyclic) bond motifs is 1. The summed E-state index contributed by atoms with van der Waals surface area (Å²) in [5.41, 5.74) is 10.9. The van der Waals surface area contributed by atoms with E-state index in [1.807, 2.05) is 37.3 Å². The first-order chi connectivity index (χ1) is 9.38. The second-order valence-corrected chi connectivity index (χ2v) is 5.27. The summed E-state index contributed by atoms with van der Waals surface area (Å²) in [6.45, 7) is 3.47. The molecule has 0 bridgehead atoms. The van der Waals surface area contributed by atoms with Gasteiger partial charge in [-0.15, -0.1) is 0 Å². The number of primary amides is 1. The van der Waals surface area contributed by atoms with Crippen molar-refractivity contribution in [1.29, 1.82) is 0 Å². The lowest BCUT2D eigenvalue weighted by Crippen LogP contribution is -2.51. The fourth-order valence-electron chi connectivity index (χ4n) is 2.09. The van der Waals surface area contributed by atoms with Gasteiger partial charge in [-0.3, -0.25) is 9.78 Å². The van der Waals surface area contributed by atoms with E-state index >= 15 is 0 Å². The molecule has 0 spiro atoms. The Morgan fingerprint density at radius 3 is 2.90 bits per heavy atom. The van der Waals surface area contributed by atoms with Gasteiger partial charge in [0, 0.05) is 24.1 Å². The van der Waals surface area contributed by atoms with Crippen LogP contribution < -0.4 is 16.2 Å². The Balaban J connectivity index is 2.10. The van der Waals surface area contributed by atoms with Crippen molar-refractivity contribution in [3.63, 3.8) is 0 Å². The summed E-state index contributed by atoms with van der Waals surface area (Å²) in [7, 11) is 0. The molecule has 1 aromatic carbocycles. The molecular weight excluding hydrogens is 254 g/mol. The molecule has 1 heterocycles. The van der Waals surface area contributed by atoms with Crippen molar-refractivity contribution >= 4 is 16.8 Å². The fraction of sp³-hybridized carbons (Fsp3) is 0.333. The van der Waals surface area contributed by atoms with E-state index in [0.717, 1.165) is 10.9 Å². The Morgan fingerprint density at radius 2 is 2.20 bits per heavy atom. The van der Waals surface area contributed by atoms with Gasteiger partial charge in [0.25, 0.3) is 0 Å². The summed E-state index contributed by atoms with van der Waals surface area (Å²) in [5, 5.41) is 1.05. The summed E-state index contributed by atoms with van der Waals surface area (Å²) in [6, 6.07) is 9.56. The molecule has 2 aromatic rings. The molecule has 2 rings (SSSR count). The predicted molar refractivity (Wildman–Crippen MR) is 78.2 cm³/mol. The second-order valence-electron chi connectivity index (χ2n) is 5.27. The Morgan fingerprint density at radius 1 is 1.45 bits per heavy atom. The highest BCUT2D eigenvalue weighted by Gasteiger charge is 2.28. The molecule has 1 amide bonds. The molecule has 0 aliphatic carbocycles. The maximum absolute atomic E-state index is 11.2. The monoisotopic (exact) mass is 273 g/mol. The zero-order valence-electron chi connectivity index (χ0n) is 11.7. The van der Waals surface area contributed by atoms with E-state index < -0.39 is 11.4 Å². The van der Waals surface area contributed by atoms with Crippen LogP contribution in [0.25, 0.3) is 10.9 Å². The molecule has 0 aliphatic heterocycles. The van der Waals surface area contributed by atoms with Gasteiger partial charge in [0.2, 0.25) is 5.91 Å². The number of benzene rings is 1. The number of ether oxygens (including phenoxy) is 1. The van der Waals surface area contributed by atoms with Crippen molar-refractivity contribution in [2.24, 2.45) is 11.5 Å². The smallest absolute Gasteiger partial charge is 0.237 e. The number of rotatable bonds is 5. The van der Waals surface area contributed by atoms with Gasteiger partial charge in [-0.1, -0.05) is 6.07 Å². The van der Waals surface area contributed by atoms with Crippen molar-refractivity contribution < 1.29 is 9.53 Å². The van der Waals surface area contributed by atoms with Crippen LogP contribution in [0.15, 0.2) is 36.5 Å². The first kappa shape index (κ1) is 14.3. The largest absolute Gasteiger partial charge is 0.491 e. The Hall–Kier alpha value is -2.14. The quantitative estimate of drug-likeness (QED) is 0.865. The van der Waals surface area contributed by atoms with Crippen LogP contribution in [0.4, 0.5) is 0 Å². The number of nitrogens with two attached hydrogens (primary N) is 2. The molecule has 5 nitrogen and oxygen atoms in total. The molecule has 0 radical (unpaired) electrons. The molecule has 2 atom stereocenters. The van der Waals surface area contributed by atoms with E-state index in [0.29, 0.717) is 12.2 Å². The van der Waals surface area contributed by atoms with Crippen LogP contribution in [0.1, 0.15) is 20.3 Å². The van der Waals surface area contributed by atoms with Gasteiger partial charge in [0.15, 0.2) is 0 Å². The molecule has 0 saturated heterocycles. The average Bonchev–Trinajstić information content (AvgIpc) is 2.37. The Kier molecular flexibility index (Phi) is 3.90. The third kappa shape index (κ3) is 3.24. The lowest BCUT2D eigenvalue weighted by atomic mass is 9.95. The molecule has 2 unspecified atom stereocenters. The number of nitrogens with zero attached hydrogens (tertiary/aromatic N) is 1. The molecule has 0 saturated carbocycles. The zero-order valence-corrected chi connectivity index (χ0v) is 11.7. The molecule has 4 N–H and O–H groups in total. The maximum atomic E-state index is 11.2. The summed E-state index contributed by atoms with van der Waals surface area (Å²) >= 11 is 0. The predicted octanol–water partition coefficient (Wildman–Crippen LogP) is 1.59. The van der Waals surface area contributed by atoms with Gasteiger partial charge < -0.3 is 16.2 Å². The maximum Gasteiger partial charge on any atom is 0.237 e. The van der Waals surface area contributed by atoms with E-state index in [2.05, 4.69) is 4.98 Å². The standard InChI is InChI=1S/C15H19N3O2/c1-10(9-15(2,17)14(16)19)20-12-6-5-11-4-3-7-18-13(11)8-12/h3-8,10H,9,17H2,1-2H3,(H2,16,19). The van der Waals surface area contributed by atoms with Crippen molar-refractivity contribution in [2.45, 2.75) is 31.9 Å². The number of carbonyl (C=O) groups excluding carboxylic acids is 1. The van der Waals surface area contributed by atoms with Crippen LogP contribution in [0.5, 0.6) is 5.75 Å². The average molecular weight is 273 g/mol. The molecule has 20 heavy (non-hydrogen) atoms. The molecule has 1 aromatic heterocycles. The van der Waals surface area contributed by atoms with E-state index in [4.69, 9.17) is 16.2 Å². The molecule has 0 aliphatic rings. The Bertz CT molecular complexity index is 625. The van der Waals surface area contributed by atoms with Gasteiger partial charge in [-0.05, 0) is 32.0 Å². The molecular formula is C15H19N3O2. The van der Waals surface area contributed by atoms with Gasteiger partial charge in [0.1, 0.15) is 5.75 Å². The van der Waals surface area contributed by atoms with E-state index in [9.17, 15) is 4.79 Å². The number of pyridine rings is 1. The lowest BCUT2D eigenvalue weighted by Gasteiger charge is -2.25. The van der Waals surface area contributed by atoms with Crippen LogP contribution in [-0.2, 0) is 4.79 Å². The van der Waals surface area contributed by atoms with Gasteiger partial charge >= 0.3 is 0 Å². The Labute approximate surface area is 117 Å². The summed E-state index contributed by atoms with van der Waals surface area (Å²) in [5.74, 6) is 0.164. The van der Waals surface area contributed by atoms with E-state index in [-0.39, 0.29) is 6.10 Å². The SMILES string of the molecule is CC(CC(C)(N)C(N)=O)Oc1ccc2cccnc2c1. The van der Waals surface area contributed by atoms with Crippen molar-refractivity contribution in [1.82, 2.24) is 4.98 Å². The van der Waals surface area contributed by atoms with E-state index in [1.165, 1.54) is 0 Å². The minimum atomic E-state index is -1.07. The van der Waals surface area contributed by atoms with Crippen LogP contribution in [0.2, 0.25) is 0 Å². The highest BCUT2D eigenvalue weighted by molar-refractivity contribution is 5.83. The summed E-state index contributed by atoms with van der Waals surface area (Å²) < 4.78 is 5.78. The summed E-state index contributed by atoms with van der Waals surface area (Å²) in [4.78, 5) is 15.5. The molecule has 106 valence electrons. The van der Waals surface area contributed by atoms with Crippen LogP contribution in [0.3, 0.4) is 0 Å². The van der Waals surface area contributed by atoms with Gasteiger partial charge in [-0.25, -0.2) is 0 Å². The number of amides is 1. The molecule has 0 fully saturated rings. The highest BCUT2D eigenvalue weighted by Crippen LogP contribution is 2.21. The second kappa shape index (κ2) is 5.46. The normalized spacial score (nSPS) is 15.6. The van der Waals surface area contributed by atoms with Gasteiger partial charge in [-0.2, -0.15) is 0 Å². The first-order valence-electron chi connectivity index (χ1n) is 6.49. The summed E-state index contributed by atoms with van der Waals surface area (Å²) in [6.07, 6.45) is 1.86. The van der Waals surface area contributed by atoms with E-state index in [1.54, 1.807) is 13.1 Å². The fourth-order valence-corrected chi connectivity index (χ4v) is 2.09. The highest BCUT2D eigenvalue weighted by atomic mass is 16.5. The number of hydrogen-bond donors (Lipinski definition) is 2. The third-order valence-electron chi connectivity index (χ3n) is 3.19. The minimum absolute atomic E-state index is 0.223. The third-order valence-corrected chi connectivity index (χ3v) is 3.19. The lowest BCUT2D eigenvalue weighted by molar-refractivity contribution is -0.123. The zero-order chi connectivity index (χ0) is 14.8. The minimum Gasteiger partial charge on any atom is -0.491 e. The van der Waals surface area contributed by atoms with Gasteiger partial charge in [0.05, 0.1) is 17.2 Å². The number of hydrogen-bond acceptors (Lipinski definition) is 4. The first-order valence-corrected chi connectivity index (χ1v) is 6.49. The van der Waals surface area contributed by atoms with Crippen LogP contribution >= 0.6 is 0 Å². The number of aromatic nitrogens is 1. The molecule has 5 heteroatoms. The van der Waals surface area contributed by atoms with Crippen molar-refractivity contribution in [3.05, 3.63) is 36.5 Å². The van der Waals surface area contributed by atoms with Crippen molar-refractivity contribution in [2.75, 3.05) is 0 Å². The van der Waals surface area contributed by atoms with Crippen molar-refractivity contribution in [3.8, 4) is 5.75 Å². The van der Waals surface area contributed by atoms with Crippen LogP contribution in [0, 0.1) is 0 Å². The van der Waals surface area contributed by atoms with Crippen LogP contribution in [-0.4, -0.2) is 22.5 Å². The number of carbonyl (C=O) groups is 1.